The van der Waals surface area contributed by atoms with Gasteiger partial charge in [-0.05, 0) is 24.2 Å². The van der Waals surface area contributed by atoms with Crippen LogP contribution < -0.4 is 0 Å². The third-order valence-corrected chi connectivity index (χ3v) is 15.9. The minimum atomic E-state index is -3.84. The fourth-order valence-corrected chi connectivity index (χ4v) is 15.2. The van der Waals surface area contributed by atoms with E-state index in [0.29, 0.717) is 24.2 Å². The van der Waals surface area contributed by atoms with Crippen molar-refractivity contribution < 1.29 is 34.6 Å². The van der Waals surface area contributed by atoms with E-state index in [1.54, 1.807) is 0 Å². The van der Waals surface area contributed by atoms with Crippen molar-refractivity contribution in [1.29, 1.82) is 0 Å². The molecule has 0 saturated carbocycles. The average molecular weight is 429 g/mol. The first-order chi connectivity index (χ1) is 11.6. The maximum atomic E-state index is 13.8. The first-order valence-corrected chi connectivity index (χ1v) is 15.3. The highest BCUT2D eigenvalue weighted by Crippen LogP contribution is 2.32. The number of hydrogen-bond donors (Lipinski definition) is 0. The molecular formula is C14H30F6O2Si3. The first-order valence-electron chi connectivity index (χ1n) is 8.84. The van der Waals surface area contributed by atoms with Gasteiger partial charge in [0, 0.05) is 12.1 Å². The highest BCUT2D eigenvalue weighted by molar-refractivity contribution is 6.80. The van der Waals surface area contributed by atoms with E-state index in [1.165, 1.54) is 0 Å². The normalized spacial score (nSPS) is 15.6. The van der Waals surface area contributed by atoms with Crippen LogP contribution in [-0.2, 0) is 8.23 Å². The molecule has 11 heteroatoms. The van der Waals surface area contributed by atoms with Crippen LogP contribution in [0.25, 0.3) is 0 Å². The Morgan fingerprint density at radius 3 is 1.12 bits per heavy atom. The average Bonchev–Trinajstić information content (AvgIpc) is 2.57. The van der Waals surface area contributed by atoms with Gasteiger partial charge in [-0.15, -0.1) is 0 Å². The Morgan fingerprint density at radius 1 is 0.640 bits per heavy atom. The van der Waals surface area contributed by atoms with Gasteiger partial charge >= 0.3 is 8.56 Å². The topological polar surface area (TPSA) is 18.5 Å². The third kappa shape index (κ3) is 9.07. The molecular weight excluding hydrogens is 398 g/mol. The summed E-state index contributed by atoms with van der Waals surface area (Å²) in [5.74, 6) is 0. The molecule has 0 aromatic rings. The van der Waals surface area contributed by atoms with E-state index in [0.717, 1.165) is 0 Å². The Bertz CT molecular complexity index is 303. The van der Waals surface area contributed by atoms with Gasteiger partial charge in [0.2, 0.25) is 0 Å². The summed E-state index contributed by atoms with van der Waals surface area (Å²) < 4.78 is 90.7. The van der Waals surface area contributed by atoms with Crippen LogP contribution in [0, 0.1) is 0 Å². The van der Waals surface area contributed by atoms with Crippen LogP contribution in [0.2, 0.25) is 36.3 Å². The zero-order valence-electron chi connectivity index (χ0n) is 15.3. The van der Waals surface area contributed by atoms with E-state index in [-0.39, 0.29) is 0 Å². The fraction of sp³-hybridized carbons (Fsp3) is 1.00. The lowest BCUT2D eigenvalue weighted by molar-refractivity contribution is 0.0478. The summed E-state index contributed by atoms with van der Waals surface area (Å²) in [7, 11) is -7.73. The second kappa shape index (κ2) is 12.5. The Hall–Kier alpha value is 0.151. The quantitative estimate of drug-likeness (QED) is 0.280. The molecule has 0 heterocycles. The molecule has 2 unspecified atom stereocenters. The smallest absolute Gasteiger partial charge is 0.323 e. The highest BCUT2D eigenvalue weighted by atomic mass is 28.5. The van der Waals surface area contributed by atoms with Crippen LogP contribution in [0.5, 0.6) is 0 Å². The lowest BCUT2D eigenvalue weighted by Crippen LogP contribution is -2.54. The number of hydrogen-bond acceptors (Lipinski definition) is 2. The molecule has 0 aliphatic heterocycles. The molecule has 0 saturated heterocycles. The van der Waals surface area contributed by atoms with Gasteiger partial charge in [-0.1, -0.05) is 27.7 Å². The highest BCUT2D eigenvalue weighted by Gasteiger charge is 2.48. The van der Waals surface area contributed by atoms with E-state index in [1.807, 2.05) is 27.7 Å². The number of rotatable bonds is 14. The largest absolute Gasteiger partial charge is 0.439 e. The molecule has 0 aliphatic carbocycles. The molecule has 25 heavy (non-hydrogen) atoms. The van der Waals surface area contributed by atoms with E-state index >= 15 is 0 Å². The van der Waals surface area contributed by atoms with Crippen molar-refractivity contribution in [3.63, 3.8) is 0 Å². The summed E-state index contributed by atoms with van der Waals surface area (Å²) in [6.45, 7) is 7.37. The zero-order chi connectivity index (χ0) is 19.6. The summed E-state index contributed by atoms with van der Waals surface area (Å²) in [5.41, 5.74) is 0. The zero-order valence-corrected chi connectivity index (χ0v) is 18.6. The van der Waals surface area contributed by atoms with Crippen LogP contribution in [0.4, 0.5) is 26.3 Å². The predicted octanol–water partition coefficient (Wildman–Crippen LogP) is 5.20. The lowest BCUT2D eigenvalue weighted by atomic mass is 10.5. The maximum absolute atomic E-state index is 13.8. The molecule has 0 bridgehead atoms. The van der Waals surface area contributed by atoms with Gasteiger partial charge in [0.15, 0.2) is 30.4 Å². The van der Waals surface area contributed by atoms with E-state index < -0.39 is 63.9 Å². The molecule has 0 radical (unpaired) electrons. The predicted molar refractivity (Wildman–Crippen MR) is 95.6 cm³/mol. The third-order valence-electron chi connectivity index (χ3n) is 4.14. The van der Waals surface area contributed by atoms with E-state index in [9.17, 15) is 26.3 Å². The molecule has 0 aromatic heterocycles. The van der Waals surface area contributed by atoms with Crippen molar-refractivity contribution in [3.05, 3.63) is 0 Å². The second-order valence-electron chi connectivity index (χ2n) is 6.13. The van der Waals surface area contributed by atoms with Gasteiger partial charge in [0.25, 0.3) is 12.9 Å². The van der Waals surface area contributed by atoms with Gasteiger partial charge in [0.1, 0.15) is 0 Å². The van der Waals surface area contributed by atoms with Gasteiger partial charge in [0.05, 0.1) is 0 Å². The van der Waals surface area contributed by atoms with Crippen molar-refractivity contribution in [1.82, 2.24) is 0 Å². The molecule has 0 rings (SSSR count). The summed E-state index contributed by atoms with van der Waals surface area (Å²) >= 11 is 0. The van der Waals surface area contributed by atoms with Crippen molar-refractivity contribution in [2.45, 2.75) is 89.2 Å². The molecule has 0 N–H and O–H groups in total. The fourth-order valence-electron chi connectivity index (χ4n) is 2.59. The van der Waals surface area contributed by atoms with Gasteiger partial charge in [-0.3, -0.25) is 0 Å². The van der Waals surface area contributed by atoms with Crippen LogP contribution >= 0.6 is 0 Å². The van der Waals surface area contributed by atoms with E-state index in [2.05, 4.69) is 0 Å². The van der Waals surface area contributed by atoms with Crippen LogP contribution in [-0.4, -0.2) is 51.8 Å². The monoisotopic (exact) mass is 428 g/mol. The molecule has 2 atom stereocenters. The minimum absolute atomic E-state index is 0.621. The molecule has 2 nitrogen and oxygen atoms in total. The van der Waals surface area contributed by atoms with Crippen molar-refractivity contribution in [3.8, 4) is 0 Å². The van der Waals surface area contributed by atoms with E-state index in [4.69, 9.17) is 8.23 Å². The molecule has 0 amide bonds. The van der Waals surface area contributed by atoms with Crippen LogP contribution in [0.15, 0.2) is 0 Å². The number of alkyl halides is 6. The summed E-state index contributed by atoms with van der Waals surface area (Å²) in [6.07, 6.45) is -11.6. The molecule has 0 fully saturated rings. The van der Waals surface area contributed by atoms with Crippen molar-refractivity contribution >= 4 is 26.6 Å². The summed E-state index contributed by atoms with van der Waals surface area (Å²) in [4.78, 5) is 0. The van der Waals surface area contributed by atoms with Crippen LogP contribution in [0.3, 0.4) is 0 Å². The lowest BCUT2D eigenvalue weighted by Gasteiger charge is -2.38. The number of halogens is 6. The minimum Gasteiger partial charge on any atom is -0.439 e. The van der Waals surface area contributed by atoms with Crippen molar-refractivity contribution in [2.24, 2.45) is 0 Å². The Balaban J connectivity index is 5.71. The molecule has 0 spiro atoms. The summed E-state index contributed by atoms with van der Waals surface area (Å²) in [6, 6.07) is 0.912. The standard InChI is InChI=1S/C14H30F6O2Si3/c1-5-23(6-2)21-25(9-11(15)13(17)18,10-12(16)14(19)20)22-24(7-3)8-4/h11-14,23-24H,5-10H2,1-4H3. The SMILES string of the molecule is CC[SiH](CC)O[Si](CC(F)C(F)F)(CC(F)C(F)F)O[SiH](CC)CC. The maximum Gasteiger partial charge on any atom is 0.323 e. The molecule has 0 aromatic carbocycles. The van der Waals surface area contributed by atoms with Gasteiger partial charge < -0.3 is 8.23 Å². The first kappa shape index (κ1) is 25.2. The molecule has 0 aliphatic rings. The Labute approximate surface area is 151 Å². The van der Waals surface area contributed by atoms with Crippen LogP contribution in [0.1, 0.15) is 27.7 Å². The summed E-state index contributed by atoms with van der Waals surface area (Å²) in [5, 5.41) is 0. The Morgan fingerprint density at radius 2 is 0.920 bits per heavy atom. The second-order valence-corrected chi connectivity index (χ2v) is 16.4. The van der Waals surface area contributed by atoms with Crippen molar-refractivity contribution in [2.75, 3.05) is 0 Å². The van der Waals surface area contributed by atoms with Gasteiger partial charge in [-0.2, -0.15) is 0 Å². The van der Waals surface area contributed by atoms with Gasteiger partial charge in [-0.25, -0.2) is 26.3 Å². The Kier molecular flexibility index (Phi) is 12.6. The molecule has 152 valence electrons.